The molecule has 7 aliphatic rings. The van der Waals surface area contributed by atoms with Crippen molar-refractivity contribution in [2.24, 2.45) is 22.7 Å². The predicted molar refractivity (Wildman–Crippen MR) is 302 cm³/mol. The molecule has 5 atom stereocenters. The van der Waals surface area contributed by atoms with Gasteiger partial charge in [0.1, 0.15) is 11.9 Å². The molecule has 5 N–H and O–H groups in total. The number of nitrogens with zero attached hydrogens (tertiary/aromatic N) is 6. The Morgan fingerprint density at radius 3 is 2.40 bits per heavy atom. The molecule has 4 bridgehead atoms. The van der Waals surface area contributed by atoms with Crippen LogP contribution in [0.4, 0.5) is 16.6 Å². The molecule has 6 aromatic rings. The van der Waals surface area contributed by atoms with Crippen molar-refractivity contribution in [3.63, 3.8) is 0 Å². The van der Waals surface area contributed by atoms with Gasteiger partial charge in [-0.05, 0) is 136 Å². The van der Waals surface area contributed by atoms with Gasteiger partial charge in [0, 0.05) is 67.2 Å². The lowest BCUT2D eigenvalue weighted by Gasteiger charge is -2.40. The number of fused-ring (bicyclic) bond motifs is 3. The molecule has 13 rings (SSSR count). The zero-order chi connectivity index (χ0) is 55.3. The van der Waals surface area contributed by atoms with E-state index in [1.165, 1.54) is 11.3 Å². The van der Waals surface area contributed by atoms with E-state index in [0.29, 0.717) is 78.7 Å². The molecule has 0 spiro atoms. The van der Waals surface area contributed by atoms with Gasteiger partial charge in [0.05, 0.1) is 33.0 Å². The number of imide groups is 2. The number of carboxylic acids is 1. The van der Waals surface area contributed by atoms with Gasteiger partial charge >= 0.3 is 5.97 Å². The fraction of sp³-hybridized carbons (Fsp3) is 0.443. The lowest BCUT2D eigenvalue weighted by atomic mass is 9.66. The first-order valence-electron chi connectivity index (χ1n) is 28.4. The first-order chi connectivity index (χ1) is 38.8. The molecular formula is C61H66N10O8S. The minimum atomic E-state index is -1.13. The number of carbonyl (C=O) groups is 7. The third kappa shape index (κ3) is 9.91. The summed E-state index contributed by atoms with van der Waals surface area (Å²) in [5.41, 5.74) is 6.11. The summed E-state index contributed by atoms with van der Waals surface area (Å²) in [4.78, 5) is 104. The highest BCUT2D eigenvalue weighted by molar-refractivity contribution is 7.22. The van der Waals surface area contributed by atoms with Gasteiger partial charge < -0.3 is 20.6 Å². The van der Waals surface area contributed by atoms with E-state index in [-0.39, 0.29) is 52.3 Å². The number of rotatable bonds is 21. The summed E-state index contributed by atoms with van der Waals surface area (Å²) in [5, 5.41) is 27.9. The van der Waals surface area contributed by atoms with Gasteiger partial charge in [-0.25, -0.2) is 14.8 Å². The van der Waals surface area contributed by atoms with Crippen LogP contribution in [0.15, 0.2) is 79.0 Å². The predicted octanol–water partition coefficient (Wildman–Crippen LogP) is 9.32. The van der Waals surface area contributed by atoms with Crippen LogP contribution in [-0.2, 0) is 33.9 Å². The van der Waals surface area contributed by atoms with Crippen LogP contribution in [0.25, 0.3) is 21.3 Å². The molecule has 3 aromatic heterocycles. The van der Waals surface area contributed by atoms with Crippen molar-refractivity contribution in [3.8, 4) is 11.1 Å². The highest BCUT2D eigenvalue weighted by Gasteiger charge is 2.66. The molecule has 4 aliphatic carbocycles. The van der Waals surface area contributed by atoms with E-state index in [1.807, 2.05) is 71.1 Å². The number of aromatic carboxylic acids is 1. The van der Waals surface area contributed by atoms with Gasteiger partial charge in [-0.15, -0.1) is 0 Å². The number of pyridine rings is 1. The average Bonchev–Trinajstić information content (AvgIpc) is 4.21. The molecule has 3 aliphatic heterocycles. The van der Waals surface area contributed by atoms with Gasteiger partial charge in [-0.2, -0.15) is 5.10 Å². The van der Waals surface area contributed by atoms with Crippen LogP contribution in [0.5, 0.6) is 0 Å². The normalized spacial score (nSPS) is 22.7. The zero-order valence-electron chi connectivity index (χ0n) is 45.0. The van der Waals surface area contributed by atoms with Crippen LogP contribution in [0.2, 0.25) is 0 Å². The van der Waals surface area contributed by atoms with Gasteiger partial charge in [0.15, 0.2) is 10.8 Å². The van der Waals surface area contributed by atoms with E-state index in [9.17, 15) is 38.7 Å². The number of thiazole rings is 1. The fourth-order valence-electron chi connectivity index (χ4n) is 14.4. The number of piperidine rings is 1. The maximum absolute atomic E-state index is 14.1. The van der Waals surface area contributed by atoms with Gasteiger partial charge in [-0.3, -0.25) is 49.0 Å². The van der Waals surface area contributed by atoms with E-state index in [0.717, 1.165) is 121 Å². The number of hydrogen-bond donors (Lipinski definition) is 5. The van der Waals surface area contributed by atoms with Crippen LogP contribution in [0, 0.1) is 29.6 Å². The monoisotopic (exact) mass is 1100 g/mol. The number of unbranched alkanes of at least 4 members (excludes halogenated alkanes) is 7. The van der Waals surface area contributed by atoms with Crippen LogP contribution < -0.4 is 26.2 Å². The fourth-order valence-corrected chi connectivity index (χ4v) is 15.3. The Morgan fingerprint density at radius 2 is 1.60 bits per heavy atom. The summed E-state index contributed by atoms with van der Waals surface area (Å²) in [6.07, 6.45) is 15.8. The second-order valence-corrected chi connectivity index (χ2v) is 24.2. The molecule has 5 unspecified atom stereocenters. The van der Waals surface area contributed by atoms with Gasteiger partial charge in [0.2, 0.25) is 17.7 Å². The number of para-hydroxylation sites is 1. The first-order valence-corrected chi connectivity index (χ1v) is 29.3. The summed E-state index contributed by atoms with van der Waals surface area (Å²) < 4.78 is 3.03. The van der Waals surface area contributed by atoms with E-state index < -0.39 is 35.6 Å². The number of hydrogen-bond acceptors (Lipinski definition) is 13. The molecule has 80 heavy (non-hydrogen) atoms. The number of carboxylic acid groups (broad SMARTS) is 1. The Kier molecular flexibility index (Phi) is 14.3. The standard InChI is InChI=1S/C61H66N10O8S/c1-36-43(40-20-22-49(66-52(40)57(77)78)69-27-24-38-14-12-15-41(44(38)33-69)53(73)68-59-65-45-17-8-9-19-48(45)80-59)32-64-70(36)35-61-30-37-28-39(61)31-60(29-37,34-61)58(79)63-26-11-7-5-3-2-4-6-10-25-62-46-18-13-16-42-51(46)56(76)71(55(42)75)47-21-23-50(72)67-54(47)74/h8-9,12-20,22,32,37,39,47,62H,2-7,10-11,21,23-31,33-35H2,1H3,(H,63,79)(H,77,78)(H,65,68,73)(H,67,72,74). The molecule has 5 fully saturated rings. The lowest BCUT2D eigenvalue weighted by Crippen LogP contribution is -2.54. The Hall–Kier alpha value is -7.80. The molecule has 3 aromatic carbocycles. The van der Waals surface area contributed by atoms with E-state index in [4.69, 9.17) is 10.1 Å². The number of amides is 6. The third-order valence-corrected chi connectivity index (χ3v) is 19.1. The molecule has 19 heteroatoms. The number of carbonyl (C=O) groups excluding carboxylic acids is 6. The molecule has 4 saturated carbocycles. The molecular weight excluding hydrogens is 1030 g/mol. The summed E-state index contributed by atoms with van der Waals surface area (Å²) in [6.45, 7) is 5.01. The summed E-state index contributed by atoms with van der Waals surface area (Å²) in [7, 11) is 0. The largest absolute Gasteiger partial charge is 0.476 e. The highest BCUT2D eigenvalue weighted by atomic mass is 32.1. The quantitative estimate of drug-likeness (QED) is 0.0334. The van der Waals surface area contributed by atoms with E-state index in [1.54, 1.807) is 24.4 Å². The van der Waals surface area contributed by atoms with E-state index in [2.05, 4.69) is 26.3 Å². The van der Waals surface area contributed by atoms with Crippen molar-refractivity contribution in [1.29, 1.82) is 0 Å². The van der Waals surface area contributed by atoms with Crippen molar-refractivity contribution < 1.29 is 38.7 Å². The second kappa shape index (κ2) is 21.7. The molecule has 414 valence electrons. The molecule has 18 nitrogen and oxygen atoms in total. The van der Waals surface area contributed by atoms with Crippen LogP contribution in [-0.4, -0.2) is 96.8 Å². The van der Waals surface area contributed by atoms with Crippen molar-refractivity contribution >= 4 is 79.6 Å². The average molecular weight is 1100 g/mol. The molecule has 6 heterocycles. The van der Waals surface area contributed by atoms with Crippen molar-refractivity contribution in [2.45, 2.75) is 129 Å². The van der Waals surface area contributed by atoms with Gasteiger partial charge in [0.25, 0.3) is 17.7 Å². The highest BCUT2D eigenvalue weighted by Crippen LogP contribution is 2.71. The molecule has 6 amide bonds. The number of aromatic nitrogens is 4. The van der Waals surface area contributed by atoms with Gasteiger partial charge in [-0.1, -0.05) is 80.2 Å². The summed E-state index contributed by atoms with van der Waals surface area (Å²) in [5.74, 6) is -1.75. The van der Waals surface area contributed by atoms with Crippen LogP contribution in [0.3, 0.4) is 0 Å². The van der Waals surface area contributed by atoms with Crippen LogP contribution in [0.1, 0.15) is 155 Å². The minimum absolute atomic E-state index is 0.0425. The maximum atomic E-state index is 14.1. The maximum Gasteiger partial charge on any atom is 0.355 e. The van der Waals surface area contributed by atoms with Crippen LogP contribution >= 0.6 is 11.3 Å². The summed E-state index contributed by atoms with van der Waals surface area (Å²) in [6, 6.07) is 21.3. The Morgan fingerprint density at radius 1 is 0.812 bits per heavy atom. The second-order valence-electron chi connectivity index (χ2n) is 23.1. The number of benzene rings is 3. The lowest BCUT2D eigenvalue weighted by molar-refractivity contribution is -0.136. The smallest absolute Gasteiger partial charge is 0.355 e. The number of nitrogens with one attached hydrogen (secondary N) is 4. The SMILES string of the molecule is Cc1c(-c2ccc(N3CCc4cccc(C(=O)Nc5nc6ccccc6s5)c4C3)nc2C(=O)O)cnn1CC12CC3CC1CC(C(=O)NCCCCCCCCCCNc1cccc4c1C(=O)N(C1CCC(=O)NC1=O)C4=O)(C3)C2. The zero-order valence-corrected chi connectivity index (χ0v) is 45.8. The Balaban J connectivity index is 0.595. The first kappa shape index (κ1) is 52.9. The molecule has 1 saturated heterocycles. The number of anilines is 3. The van der Waals surface area contributed by atoms with Crippen molar-refractivity contribution in [2.75, 3.05) is 35.2 Å². The third-order valence-electron chi connectivity index (χ3n) is 18.1. The summed E-state index contributed by atoms with van der Waals surface area (Å²) >= 11 is 1.43. The Bertz CT molecular complexity index is 3470. The van der Waals surface area contributed by atoms with Crippen molar-refractivity contribution in [1.82, 2.24) is 35.3 Å². The Labute approximate surface area is 467 Å². The molecule has 0 radical (unpaired) electrons. The minimum Gasteiger partial charge on any atom is -0.476 e. The van der Waals surface area contributed by atoms with E-state index >= 15 is 0 Å². The topological polar surface area (TPSA) is 238 Å². The van der Waals surface area contributed by atoms with Crippen molar-refractivity contribution in [3.05, 3.63) is 118 Å².